The molecule has 0 radical (unpaired) electrons. The van der Waals surface area contributed by atoms with Crippen LogP contribution in [0, 0.1) is 10.8 Å². The molecule has 0 N–H and O–H groups in total. The van der Waals surface area contributed by atoms with Crippen LogP contribution in [0.15, 0.2) is 70.7 Å². The van der Waals surface area contributed by atoms with Crippen molar-refractivity contribution in [2.45, 2.75) is 66.0 Å². The first kappa shape index (κ1) is 23.0. The smallest absolute Gasteiger partial charge is 0.330 e. The molecule has 2 atom stereocenters. The van der Waals surface area contributed by atoms with Crippen LogP contribution in [0.3, 0.4) is 0 Å². The molecule has 4 heteroatoms. The summed E-state index contributed by atoms with van der Waals surface area (Å²) in [6, 6.07) is 8.64. The largest absolute Gasteiger partial charge is 0.462 e. The summed E-state index contributed by atoms with van der Waals surface area (Å²) in [7, 11) is 0. The molecule has 32 heavy (non-hydrogen) atoms. The maximum absolute atomic E-state index is 11.3. The second-order valence-corrected chi connectivity index (χ2v) is 11.3. The number of rotatable bonds is 5. The van der Waals surface area contributed by atoms with Crippen molar-refractivity contribution >= 4 is 24.3 Å². The maximum atomic E-state index is 11.3. The summed E-state index contributed by atoms with van der Waals surface area (Å²) in [5.74, 6) is -0.380. The molecule has 0 aromatic heterocycles. The van der Waals surface area contributed by atoms with Crippen LogP contribution in [0.2, 0.25) is 0 Å². The third kappa shape index (κ3) is 2.98. The van der Waals surface area contributed by atoms with Crippen LogP contribution in [-0.4, -0.2) is 23.7 Å². The van der Waals surface area contributed by atoms with E-state index in [9.17, 15) is 4.79 Å². The Balaban J connectivity index is 1.72. The molecule has 1 heterocycles. The lowest BCUT2D eigenvalue weighted by molar-refractivity contribution is -0.137. The summed E-state index contributed by atoms with van der Waals surface area (Å²) in [6.07, 6.45) is 6.70. The van der Waals surface area contributed by atoms with Crippen LogP contribution in [0.4, 0.5) is 5.69 Å². The molecule has 2 unspecified atom stereocenters. The topological polar surface area (TPSA) is 29.5 Å². The zero-order valence-corrected chi connectivity index (χ0v) is 21.3. The minimum atomic E-state index is -0.380. The highest BCUT2D eigenvalue weighted by Gasteiger charge is 2.66. The quantitative estimate of drug-likeness (QED) is 0.243. The van der Waals surface area contributed by atoms with Gasteiger partial charge in [0, 0.05) is 29.0 Å². The molecule has 0 amide bonds. The van der Waals surface area contributed by atoms with E-state index in [0.29, 0.717) is 13.0 Å². The monoisotopic (exact) mass is 449 g/mol. The average molecular weight is 450 g/mol. The van der Waals surface area contributed by atoms with Gasteiger partial charge in [0.25, 0.3) is 0 Å². The van der Waals surface area contributed by atoms with Crippen molar-refractivity contribution in [1.29, 1.82) is 0 Å². The minimum Gasteiger partial charge on any atom is -0.462 e. The Labute approximate surface area is 198 Å². The van der Waals surface area contributed by atoms with E-state index in [4.69, 9.17) is 17.4 Å². The predicted octanol–water partition coefficient (Wildman–Crippen LogP) is 6.43. The van der Waals surface area contributed by atoms with Crippen LogP contribution in [0.1, 0.15) is 54.0 Å². The van der Waals surface area contributed by atoms with Gasteiger partial charge in [0.15, 0.2) is 0 Å². The first-order chi connectivity index (χ1) is 14.8. The Morgan fingerprint density at radius 1 is 1.00 bits per heavy atom. The molecule has 1 fully saturated rings. The summed E-state index contributed by atoms with van der Waals surface area (Å²) in [5, 5.41) is 0. The fourth-order valence-electron chi connectivity index (χ4n) is 6.40. The van der Waals surface area contributed by atoms with Crippen LogP contribution < -0.4 is 4.90 Å². The van der Waals surface area contributed by atoms with Gasteiger partial charge in [0.1, 0.15) is 0 Å². The van der Waals surface area contributed by atoms with Gasteiger partial charge in [-0.3, -0.25) is 0 Å². The molecule has 0 spiro atoms. The van der Waals surface area contributed by atoms with Gasteiger partial charge in [-0.25, -0.2) is 4.79 Å². The van der Waals surface area contributed by atoms with Crippen LogP contribution in [0.25, 0.3) is 0 Å². The Kier molecular flexibility index (Phi) is 5.13. The van der Waals surface area contributed by atoms with E-state index in [1.165, 1.54) is 28.5 Å². The van der Waals surface area contributed by atoms with E-state index in [0.717, 1.165) is 10.5 Å². The summed E-state index contributed by atoms with van der Waals surface area (Å²) >= 11 is 5.00. The summed E-state index contributed by atoms with van der Waals surface area (Å²) in [6.45, 7) is 20.1. The number of benzene rings is 1. The molecular formula is C28H35NO2S. The Morgan fingerprint density at radius 3 is 2.19 bits per heavy atom. The van der Waals surface area contributed by atoms with Gasteiger partial charge in [-0.2, -0.15) is 0 Å². The lowest BCUT2D eigenvalue weighted by Crippen LogP contribution is -2.76. The third-order valence-corrected chi connectivity index (χ3v) is 8.67. The van der Waals surface area contributed by atoms with E-state index in [-0.39, 0.29) is 27.9 Å². The first-order valence-electron chi connectivity index (χ1n) is 11.4. The van der Waals surface area contributed by atoms with Crippen LogP contribution in [-0.2, 0) is 16.0 Å². The molecule has 4 rings (SSSR count). The van der Waals surface area contributed by atoms with Crippen molar-refractivity contribution in [3.8, 4) is 0 Å². The number of carbonyl (C=O) groups excluding carboxylic acids is 1. The first-order valence-corrected chi connectivity index (χ1v) is 11.8. The molecule has 1 aliphatic heterocycles. The number of anilines is 1. The Hall–Kier alpha value is -2.20. The second-order valence-electron chi connectivity index (χ2n) is 10.8. The molecule has 1 aromatic carbocycles. The fraction of sp³-hybridized carbons (Fsp3) is 0.464. The average Bonchev–Trinajstić information content (AvgIpc) is 2.70. The van der Waals surface area contributed by atoms with E-state index < -0.39 is 0 Å². The van der Waals surface area contributed by atoms with Gasteiger partial charge >= 0.3 is 5.97 Å². The number of thiol groups is 1. The molecule has 3 aliphatic rings. The number of hydrogen-bond acceptors (Lipinski definition) is 4. The summed E-state index contributed by atoms with van der Waals surface area (Å²) in [4.78, 5) is 14.9. The number of esters is 1. The minimum absolute atomic E-state index is 0.000658. The number of carbonyl (C=O) groups is 1. The van der Waals surface area contributed by atoms with Crippen molar-refractivity contribution in [2.24, 2.45) is 10.8 Å². The lowest BCUT2D eigenvalue weighted by Gasteiger charge is -2.71. The van der Waals surface area contributed by atoms with Gasteiger partial charge < -0.3 is 9.64 Å². The molecule has 2 aliphatic carbocycles. The highest BCUT2D eigenvalue weighted by atomic mass is 32.1. The van der Waals surface area contributed by atoms with Crippen molar-refractivity contribution < 1.29 is 9.53 Å². The molecule has 1 saturated heterocycles. The van der Waals surface area contributed by atoms with Gasteiger partial charge in [0.05, 0.1) is 17.7 Å². The highest BCUT2D eigenvalue weighted by molar-refractivity contribution is 7.84. The summed E-state index contributed by atoms with van der Waals surface area (Å²) < 4.78 is 5.13. The number of hydrogen-bond donors (Lipinski definition) is 1. The number of allylic oxidation sites excluding steroid dienone is 3. The van der Waals surface area contributed by atoms with Crippen molar-refractivity contribution in [3.05, 3.63) is 76.3 Å². The Bertz CT molecular complexity index is 1040. The van der Waals surface area contributed by atoms with Gasteiger partial charge in [0.2, 0.25) is 0 Å². The molecular weight excluding hydrogens is 414 g/mol. The van der Waals surface area contributed by atoms with Crippen LogP contribution in [0.5, 0.6) is 0 Å². The van der Waals surface area contributed by atoms with Gasteiger partial charge in [-0.1, -0.05) is 58.1 Å². The zero-order valence-electron chi connectivity index (χ0n) is 20.4. The predicted molar refractivity (Wildman–Crippen MR) is 136 cm³/mol. The molecule has 0 bridgehead atoms. The van der Waals surface area contributed by atoms with E-state index in [1.54, 1.807) is 0 Å². The maximum Gasteiger partial charge on any atom is 0.330 e. The molecule has 170 valence electrons. The van der Waals surface area contributed by atoms with Gasteiger partial charge in [-0.15, -0.1) is 12.6 Å². The zero-order chi connectivity index (χ0) is 23.7. The number of nitrogens with zero attached hydrogens (tertiary/aromatic N) is 1. The standard InChI is InChI=1S/C28H35NO2S/c1-9-22(30)31-15-14-19-10-12-20(13-11-19)29-27(7)16-18(2)25(3,4)23-24(27)28(29,8)17-21(32)26(23,5)6/h9-13,16-17,32H,1,14-15H2,2-8H3. The molecule has 0 saturated carbocycles. The number of ether oxygens (including phenoxy) is 1. The summed E-state index contributed by atoms with van der Waals surface area (Å²) in [5.41, 5.74) is 6.32. The van der Waals surface area contributed by atoms with Gasteiger partial charge in [-0.05, 0) is 60.6 Å². The van der Waals surface area contributed by atoms with Crippen molar-refractivity contribution in [3.63, 3.8) is 0 Å². The van der Waals surface area contributed by atoms with Crippen LogP contribution >= 0.6 is 12.6 Å². The fourth-order valence-corrected chi connectivity index (χ4v) is 6.76. The van der Waals surface area contributed by atoms with E-state index in [1.807, 2.05) is 0 Å². The highest BCUT2D eigenvalue weighted by Crippen LogP contribution is 2.67. The van der Waals surface area contributed by atoms with E-state index in [2.05, 4.69) is 96.4 Å². The lowest BCUT2D eigenvalue weighted by atomic mass is 9.48. The Morgan fingerprint density at radius 2 is 1.59 bits per heavy atom. The third-order valence-electron chi connectivity index (χ3n) is 7.98. The van der Waals surface area contributed by atoms with Crippen molar-refractivity contribution in [2.75, 3.05) is 11.5 Å². The normalized spacial score (nSPS) is 29.4. The second kappa shape index (κ2) is 7.15. The SMILES string of the molecule is C=CC(=O)OCCc1ccc(N2C3(C)C=C(C)C(C)(C)C4=C3C2(C)C=C(S)C4(C)C)cc1. The van der Waals surface area contributed by atoms with E-state index >= 15 is 0 Å². The molecule has 1 aromatic rings. The molecule has 3 nitrogen and oxygen atoms in total. The van der Waals surface area contributed by atoms with Crippen molar-refractivity contribution in [1.82, 2.24) is 0 Å².